The number of phosphoric ester groups is 1. The predicted molar refractivity (Wildman–Crippen MR) is 79.0 cm³/mol. The second kappa shape index (κ2) is 6.73. The maximum Gasteiger partial charge on any atom is 0.469 e. The van der Waals surface area contributed by atoms with Crippen molar-refractivity contribution in [2.75, 3.05) is 6.61 Å². The SMILES string of the molecule is C=CC[C@@]1(O)[C@H](O)[C@@H](COP(=O)(O)O)O[C@H]1n1ccc(=O)[nH]c1=O. The van der Waals surface area contributed by atoms with E-state index < -0.39 is 49.7 Å². The Balaban J connectivity index is 2.37. The number of aliphatic hydroxyl groups is 2. The van der Waals surface area contributed by atoms with E-state index in [-0.39, 0.29) is 6.42 Å². The van der Waals surface area contributed by atoms with Gasteiger partial charge in [-0.1, -0.05) is 6.08 Å². The zero-order chi connectivity index (χ0) is 18.1. The Labute approximate surface area is 135 Å². The maximum absolute atomic E-state index is 11.9. The van der Waals surface area contributed by atoms with Crippen molar-refractivity contribution < 1.29 is 33.8 Å². The summed E-state index contributed by atoms with van der Waals surface area (Å²) in [6.07, 6.45) is -2.24. The summed E-state index contributed by atoms with van der Waals surface area (Å²) in [5.41, 5.74) is -3.57. The van der Waals surface area contributed by atoms with Crippen LogP contribution in [-0.2, 0) is 13.8 Å². The summed E-state index contributed by atoms with van der Waals surface area (Å²) in [5, 5.41) is 21.0. The van der Waals surface area contributed by atoms with Crippen molar-refractivity contribution in [3.63, 3.8) is 0 Å². The highest BCUT2D eigenvalue weighted by atomic mass is 31.2. The molecule has 0 aliphatic carbocycles. The lowest BCUT2D eigenvalue weighted by Crippen LogP contribution is -2.49. The number of ether oxygens (including phenoxy) is 1. The van der Waals surface area contributed by atoms with E-state index in [0.717, 1.165) is 16.8 Å². The van der Waals surface area contributed by atoms with Gasteiger partial charge in [-0.3, -0.25) is 18.9 Å². The lowest BCUT2D eigenvalue weighted by Gasteiger charge is -2.30. The first kappa shape index (κ1) is 18.7. The number of nitrogens with one attached hydrogen (secondary N) is 1. The van der Waals surface area contributed by atoms with Crippen LogP contribution in [0.3, 0.4) is 0 Å². The van der Waals surface area contributed by atoms with Gasteiger partial charge < -0.3 is 24.7 Å². The lowest BCUT2D eigenvalue weighted by molar-refractivity contribution is -0.108. The third-order valence-corrected chi connectivity index (χ3v) is 4.06. The number of aromatic nitrogens is 2. The molecule has 1 aliphatic rings. The first-order valence-corrected chi connectivity index (χ1v) is 8.30. The van der Waals surface area contributed by atoms with E-state index >= 15 is 0 Å². The van der Waals surface area contributed by atoms with Gasteiger partial charge in [0, 0.05) is 18.7 Å². The summed E-state index contributed by atoms with van der Waals surface area (Å²) >= 11 is 0. The number of hydrogen-bond acceptors (Lipinski definition) is 7. The standard InChI is InChI=1S/C12H17N2O9P/c1-2-4-12(18)9(16)7(6-22-24(19,20)21)23-10(12)14-5-3-8(15)13-11(14)17/h2-3,5,7,9-10,16,18H,1,4,6H2,(H,13,15,17)(H2,19,20,21)/t7-,9-,10-,12-/m1/s1. The van der Waals surface area contributed by atoms with E-state index in [1.807, 2.05) is 4.98 Å². The quantitative estimate of drug-likeness (QED) is 0.289. The Hall–Kier alpha value is -1.59. The number of phosphoric acid groups is 1. The molecule has 0 bridgehead atoms. The molecule has 4 atom stereocenters. The van der Waals surface area contributed by atoms with E-state index in [1.54, 1.807) is 0 Å². The largest absolute Gasteiger partial charge is 0.469 e. The van der Waals surface area contributed by atoms with Gasteiger partial charge in [0.2, 0.25) is 0 Å². The fraction of sp³-hybridized carbons (Fsp3) is 0.500. The third kappa shape index (κ3) is 3.73. The predicted octanol–water partition coefficient (Wildman–Crippen LogP) is -1.79. The van der Waals surface area contributed by atoms with Crippen LogP contribution >= 0.6 is 7.82 Å². The zero-order valence-electron chi connectivity index (χ0n) is 12.3. The second-order valence-corrected chi connectivity index (χ2v) is 6.50. The van der Waals surface area contributed by atoms with Crippen molar-refractivity contribution in [3.05, 3.63) is 45.8 Å². The number of nitrogens with zero attached hydrogens (tertiary/aromatic N) is 1. The minimum absolute atomic E-state index is 0.198. The number of aliphatic hydroxyl groups excluding tert-OH is 1. The molecule has 1 aliphatic heterocycles. The molecule has 12 heteroatoms. The third-order valence-electron chi connectivity index (χ3n) is 3.58. The van der Waals surface area contributed by atoms with Gasteiger partial charge in [-0.25, -0.2) is 9.36 Å². The van der Waals surface area contributed by atoms with E-state index in [0.29, 0.717) is 0 Å². The molecule has 1 aromatic heterocycles. The molecular weight excluding hydrogens is 347 g/mol. The number of H-pyrrole nitrogens is 1. The van der Waals surface area contributed by atoms with Crippen LogP contribution in [0.15, 0.2) is 34.5 Å². The van der Waals surface area contributed by atoms with Crippen LogP contribution in [0, 0.1) is 0 Å². The van der Waals surface area contributed by atoms with E-state index in [2.05, 4.69) is 11.1 Å². The van der Waals surface area contributed by atoms with Crippen molar-refractivity contribution in [2.24, 2.45) is 0 Å². The normalized spacial score (nSPS) is 30.4. The van der Waals surface area contributed by atoms with Gasteiger partial charge in [-0.2, -0.15) is 0 Å². The molecule has 0 spiro atoms. The minimum atomic E-state index is -4.82. The van der Waals surface area contributed by atoms with Crippen LogP contribution in [0.5, 0.6) is 0 Å². The van der Waals surface area contributed by atoms with E-state index in [1.165, 1.54) is 6.08 Å². The van der Waals surface area contributed by atoms with Gasteiger partial charge in [0.25, 0.3) is 5.56 Å². The highest BCUT2D eigenvalue weighted by molar-refractivity contribution is 7.46. The minimum Gasteiger partial charge on any atom is -0.387 e. The van der Waals surface area contributed by atoms with Crippen LogP contribution in [0.1, 0.15) is 12.6 Å². The second-order valence-electron chi connectivity index (χ2n) is 5.26. The van der Waals surface area contributed by atoms with Crippen LogP contribution in [0.4, 0.5) is 0 Å². The molecule has 1 fully saturated rings. The van der Waals surface area contributed by atoms with Crippen molar-refractivity contribution in [2.45, 2.75) is 30.5 Å². The summed E-state index contributed by atoms with van der Waals surface area (Å²) in [7, 11) is -4.82. The molecular formula is C12H17N2O9P. The van der Waals surface area contributed by atoms with Crippen molar-refractivity contribution in [3.8, 4) is 0 Å². The summed E-state index contributed by atoms with van der Waals surface area (Å²) < 4.78 is 21.3. The molecule has 0 aromatic carbocycles. The topological polar surface area (TPSA) is 171 Å². The molecule has 0 radical (unpaired) electrons. The van der Waals surface area contributed by atoms with Crippen molar-refractivity contribution in [1.82, 2.24) is 9.55 Å². The van der Waals surface area contributed by atoms with Crippen LogP contribution in [0.2, 0.25) is 0 Å². The maximum atomic E-state index is 11.9. The fourth-order valence-electron chi connectivity index (χ4n) is 2.50. The summed E-state index contributed by atoms with van der Waals surface area (Å²) in [5.74, 6) is 0. The Morgan fingerprint density at radius 3 is 2.71 bits per heavy atom. The van der Waals surface area contributed by atoms with Gasteiger partial charge in [0.05, 0.1) is 6.61 Å². The highest BCUT2D eigenvalue weighted by Gasteiger charge is 2.56. The monoisotopic (exact) mass is 364 g/mol. The molecule has 24 heavy (non-hydrogen) atoms. The Morgan fingerprint density at radius 1 is 1.50 bits per heavy atom. The Kier molecular flexibility index (Phi) is 5.25. The summed E-state index contributed by atoms with van der Waals surface area (Å²) in [6, 6.07) is 1.02. The average Bonchev–Trinajstić information content (AvgIpc) is 2.70. The molecule has 11 nitrogen and oxygen atoms in total. The molecule has 134 valence electrons. The first-order chi connectivity index (χ1) is 11.1. The lowest BCUT2D eigenvalue weighted by atomic mass is 9.90. The highest BCUT2D eigenvalue weighted by Crippen LogP contribution is 2.43. The van der Waals surface area contributed by atoms with Gasteiger partial charge in [-0.15, -0.1) is 6.58 Å². The van der Waals surface area contributed by atoms with Gasteiger partial charge in [-0.05, 0) is 0 Å². The fourth-order valence-corrected chi connectivity index (χ4v) is 2.84. The van der Waals surface area contributed by atoms with Crippen molar-refractivity contribution >= 4 is 7.82 Å². The molecule has 0 saturated carbocycles. The molecule has 1 saturated heterocycles. The molecule has 0 amide bonds. The Morgan fingerprint density at radius 2 is 2.17 bits per heavy atom. The number of aromatic amines is 1. The molecule has 1 aromatic rings. The molecule has 5 N–H and O–H groups in total. The number of hydrogen-bond donors (Lipinski definition) is 5. The first-order valence-electron chi connectivity index (χ1n) is 6.77. The summed E-state index contributed by atoms with van der Waals surface area (Å²) in [4.78, 5) is 42.5. The Bertz CT molecular complexity index is 768. The van der Waals surface area contributed by atoms with E-state index in [4.69, 9.17) is 14.5 Å². The molecule has 2 rings (SSSR count). The van der Waals surface area contributed by atoms with Crippen molar-refractivity contribution in [1.29, 1.82) is 0 Å². The van der Waals surface area contributed by atoms with Crippen LogP contribution in [-0.4, -0.2) is 54.0 Å². The zero-order valence-corrected chi connectivity index (χ0v) is 13.2. The van der Waals surface area contributed by atoms with Crippen LogP contribution < -0.4 is 11.2 Å². The van der Waals surface area contributed by atoms with Crippen LogP contribution in [0.25, 0.3) is 0 Å². The van der Waals surface area contributed by atoms with Gasteiger partial charge in [0.1, 0.15) is 17.8 Å². The average molecular weight is 364 g/mol. The number of rotatable bonds is 6. The van der Waals surface area contributed by atoms with Gasteiger partial charge in [0.15, 0.2) is 6.23 Å². The van der Waals surface area contributed by atoms with E-state index in [9.17, 15) is 24.4 Å². The van der Waals surface area contributed by atoms with Gasteiger partial charge >= 0.3 is 13.5 Å². The molecule has 2 heterocycles. The smallest absolute Gasteiger partial charge is 0.387 e. The molecule has 0 unspecified atom stereocenters. The summed E-state index contributed by atoms with van der Waals surface area (Å²) in [6.45, 7) is 2.73.